The second-order valence-corrected chi connectivity index (χ2v) is 7.38. The minimum atomic E-state index is -1.34. The van der Waals surface area contributed by atoms with E-state index in [0.29, 0.717) is 0 Å². The summed E-state index contributed by atoms with van der Waals surface area (Å²) in [6.45, 7) is 3.83. The number of hydrogen-bond acceptors (Lipinski definition) is 6. The van der Waals surface area contributed by atoms with E-state index in [4.69, 9.17) is 14.2 Å². The Morgan fingerprint density at radius 1 is 1.06 bits per heavy atom. The van der Waals surface area contributed by atoms with E-state index in [1.165, 1.54) is 11.0 Å². The van der Waals surface area contributed by atoms with Gasteiger partial charge in [0.15, 0.2) is 0 Å². The van der Waals surface area contributed by atoms with Crippen molar-refractivity contribution in [3.8, 4) is 11.1 Å². The lowest BCUT2D eigenvalue weighted by Gasteiger charge is -2.46. The smallest absolute Gasteiger partial charge is 0.410 e. The largest absolute Gasteiger partial charge is 0.448 e. The molecule has 2 aromatic carbocycles. The first kappa shape index (κ1) is 20.5. The first-order chi connectivity index (χ1) is 15.1. The van der Waals surface area contributed by atoms with E-state index < -0.39 is 17.9 Å². The number of hydrogen-bond donors (Lipinski definition) is 1. The van der Waals surface area contributed by atoms with E-state index in [1.54, 1.807) is 0 Å². The molecule has 8 nitrogen and oxygen atoms in total. The molecule has 0 atom stereocenters. The Morgan fingerprint density at radius 3 is 2.26 bits per heavy atom. The zero-order valence-electron chi connectivity index (χ0n) is 16.8. The number of alkyl carbamates (subject to hydrolysis) is 1. The van der Waals surface area contributed by atoms with Gasteiger partial charge < -0.3 is 14.2 Å². The van der Waals surface area contributed by atoms with Crippen LogP contribution in [0.1, 0.15) is 17.0 Å². The molecule has 1 N–H and O–H groups in total. The Morgan fingerprint density at radius 2 is 1.68 bits per heavy atom. The molecule has 1 saturated heterocycles. The number of rotatable bonds is 7. The van der Waals surface area contributed by atoms with Gasteiger partial charge in [0.2, 0.25) is 5.72 Å². The number of benzene rings is 2. The van der Waals surface area contributed by atoms with E-state index in [2.05, 4.69) is 24.0 Å². The van der Waals surface area contributed by atoms with Crippen LogP contribution in [0, 0.1) is 0 Å². The molecule has 31 heavy (non-hydrogen) atoms. The fourth-order valence-electron chi connectivity index (χ4n) is 4.02. The van der Waals surface area contributed by atoms with E-state index in [9.17, 15) is 14.4 Å². The third-order valence-corrected chi connectivity index (χ3v) is 5.42. The van der Waals surface area contributed by atoms with Crippen LogP contribution < -0.4 is 5.32 Å². The number of nitrogens with zero attached hydrogens (tertiary/aromatic N) is 1. The van der Waals surface area contributed by atoms with Crippen LogP contribution in [-0.4, -0.2) is 55.6 Å². The molecule has 8 heteroatoms. The maximum atomic E-state index is 12.5. The van der Waals surface area contributed by atoms with Gasteiger partial charge >= 0.3 is 12.2 Å². The van der Waals surface area contributed by atoms with Crippen LogP contribution in [0.15, 0.2) is 61.2 Å². The van der Waals surface area contributed by atoms with Crippen LogP contribution >= 0.6 is 0 Å². The fraction of sp³-hybridized carbons (Fsp3) is 0.261. The predicted octanol–water partition coefficient (Wildman–Crippen LogP) is 3.03. The molecule has 0 radical (unpaired) electrons. The summed E-state index contributed by atoms with van der Waals surface area (Å²) in [7, 11) is 0. The molecule has 0 bridgehead atoms. The number of ether oxygens (including phenoxy) is 3. The topological polar surface area (TPSA) is 94.2 Å². The summed E-state index contributed by atoms with van der Waals surface area (Å²) in [5.74, 6) is -0.0899. The average Bonchev–Trinajstić information content (AvgIpc) is 3.08. The normalized spacial score (nSPS) is 15.7. The lowest BCUT2D eigenvalue weighted by atomic mass is 9.98. The van der Waals surface area contributed by atoms with E-state index in [-0.39, 0.29) is 38.7 Å². The van der Waals surface area contributed by atoms with E-state index in [0.717, 1.165) is 22.3 Å². The summed E-state index contributed by atoms with van der Waals surface area (Å²) in [6, 6.07) is 16.0. The van der Waals surface area contributed by atoms with Gasteiger partial charge in [-0.15, -0.1) is 0 Å². The van der Waals surface area contributed by atoms with Crippen molar-refractivity contribution in [3.63, 3.8) is 0 Å². The van der Waals surface area contributed by atoms with Crippen LogP contribution in [0.2, 0.25) is 0 Å². The highest BCUT2D eigenvalue weighted by atomic mass is 16.6. The van der Waals surface area contributed by atoms with Gasteiger partial charge in [-0.3, -0.25) is 15.0 Å². The number of likely N-dealkylation sites (tertiary alicyclic amines) is 1. The second-order valence-electron chi connectivity index (χ2n) is 7.38. The Labute approximate surface area is 179 Å². The molecule has 0 unspecified atom stereocenters. The highest BCUT2D eigenvalue weighted by Crippen LogP contribution is 2.44. The predicted molar refractivity (Wildman–Crippen MR) is 111 cm³/mol. The van der Waals surface area contributed by atoms with Crippen LogP contribution in [-0.2, 0) is 19.0 Å². The van der Waals surface area contributed by atoms with Gasteiger partial charge in [-0.25, -0.2) is 9.59 Å². The molecule has 1 heterocycles. The second kappa shape index (κ2) is 8.51. The van der Waals surface area contributed by atoms with Crippen molar-refractivity contribution in [2.24, 2.45) is 0 Å². The van der Waals surface area contributed by atoms with Crippen molar-refractivity contribution >= 4 is 18.7 Å². The Kier molecular flexibility index (Phi) is 5.62. The Bertz CT molecular complexity index is 969. The molecule has 4 rings (SSSR count). The van der Waals surface area contributed by atoms with E-state index >= 15 is 0 Å². The van der Waals surface area contributed by atoms with Gasteiger partial charge in [-0.2, -0.15) is 0 Å². The van der Waals surface area contributed by atoms with Crippen molar-refractivity contribution in [2.75, 3.05) is 26.3 Å². The maximum absolute atomic E-state index is 12.5. The Balaban J connectivity index is 1.38. The number of carbonyl (C=O) groups excluding carboxylic acids is 3. The van der Waals surface area contributed by atoms with Crippen molar-refractivity contribution < 1.29 is 28.6 Å². The molecule has 1 aliphatic heterocycles. The van der Waals surface area contributed by atoms with Crippen molar-refractivity contribution in [3.05, 3.63) is 72.3 Å². The molecule has 1 fully saturated rings. The molecule has 1 aliphatic carbocycles. The van der Waals surface area contributed by atoms with Crippen molar-refractivity contribution in [2.45, 2.75) is 11.6 Å². The fourth-order valence-corrected chi connectivity index (χ4v) is 4.02. The van der Waals surface area contributed by atoms with E-state index in [1.807, 2.05) is 36.4 Å². The molecule has 0 aromatic heterocycles. The van der Waals surface area contributed by atoms with Crippen LogP contribution in [0.3, 0.4) is 0 Å². The number of amides is 2. The summed E-state index contributed by atoms with van der Waals surface area (Å²) < 4.78 is 15.5. The average molecular weight is 422 g/mol. The summed E-state index contributed by atoms with van der Waals surface area (Å²) in [5.41, 5.74) is 3.10. The summed E-state index contributed by atoms with van der Waals surface area (Å²) in [4.78, 5) is 36.6. The quantitative estimate of drug-likeness (QED) is 0.319. The van der Waals surface area contributed by atoms with Crippen LogP contribution in [0.25, 0.3) is 11.1 Å². The lowest BCUT2D eigenvalue weighted by molar-refractivity contribution is -0.167. The van der Waals surface area contributed by atoms with Gasteiger partial charge in [0, 0.05) is 5.92 Å². The SMILES string of the molecule is C=CCOC(=O)N1CC(NC(=O)OCC2c3ccccc3-c3ccccc32)(OC=O)C1. The number of carbonyl (C=O) groups is 3. The minimum Gasteiger partial charge on any atom is -0.448 e. The molecular weight excluding hydrogens is 400 g/mol. The molecule has 0 saturated carbocycles. The summed E-state index contributed by atoms with van der Waals surface area (Å²) in [6.07, 6.45) is 0.129. The monoisotopic (exact) mass is 422 g/mol. The van der Waals surface area contributed by atoms with Gasteiger partial charge in [0.1, 0.15) is 13.2 Å². The van der Waals surface area contributed by atoms with Gasteiger partial charge in [0.05, 0.1) is 13.1 Å². The third kappa shape index (κ3) is 3.96. The molecular formula is C23H22N2O6. The zero-order valence-corrected chi connectivity index (χ0v) is 16.8. The number of fused-ring (bicyclic) bond motifs is 3. The van der Waals surface area contributed by atoms with Crippen molar-refractivity contribution in [1.29, 1.82) is 0 Å². The first-order valence-electron chi connectivity index (χ1n) is 9.84. The number of nitrogens with one attached hydrogen (secondary N) is 1. The standard InChI is InChI=1S/C23H22N2O6/c1-2-11-29-22(28)25-13-23(14-25,31-15-26)24-21(27)30-12-20-18-9-5-3-7-16(18)17-8-4-6-10-19(17)20/h2-10,15,20H,1,11-14H2,(H,24,27). The maximum Gasteiger partial charge on any atom is 0.410 e. The summed E-state index contributed by atoms with van der Waals surface area (Å²) in [5, 5.41) is 2.56. The van der Waals surface area contributed by atoms with Crippen LogP contribution in [0.5, 0.6) is 0 Å². The molecule has 0 spiro atoms. The highest BCUT2D eigenvalue weighted by molar-refractivity contribution is 5.79. The molecule has 2 aliphatic rings. The van der Waals surface area contributed by atoms with Gasteiger partial charge in [-0.1, -0.05) is 61.2 Å². The Hall–Kier alpha value is -3.81. The highest BCUT2D eigenvalue weighted by Gasteiger charge is 2.50. The molecule has 2 amide bonds. The van der Waals surface area contributed by atoms with Crippen LogP contribution in [0.4, 0.5) is 9.59 Å². The van der Waals surface area contributed by atoms with Gasteiger partial charge in [0.25, 0.3) is 6.47 Å². The molecule has 2 aromatic rings. The lowest BCUT2D eigenvalue weighted by Crippen LogP contribution is -2.72. The van der Waals surface area contributed by atoms with Gasteiger partial charge in [-0.05, 0) is 22.3 Å². The van der Waals surface area contributed by atoms with Crippen molar-refractivity contribution in [1.82, 2.24) is 10.2 Å². The minimum absolute atomic E-state index is 0.0358. The summed E-state index contributed by atoms with van der Waals surface area (Å²) >= 11 is 0. The third-order valence-electron chi connectivity index (χ3n) is 5.42. The zero-order chi connectivity index (χ0) is 21.8. The first-order valence-corrected chi connectivity index (χ1v) is 9.84. The molecule has 160 valence electrons.